The van der Waals surface area contributed by atoms with Gasteiger partial charge in [-0.05, 0) is 18.6 Å². The Bertz CT molecular complexity index is 263. The maximum Gasteiger partial charge on any atom is 0.166 e. The third-order valence-electron chi connectivity index (χ3n) is 2.06. The Labute approximate surface area is 85.3 Å². The summed E-state index contributed by atoms with van der Waals surface area (Å²) in [5, 5.41) is 0. The molecule has 0 amide bonds. The zero-order chi connectivity index (χ0) is 10.2. The van der Waals surface area contributed by atoms with Crippen LogP contribution in [0.1, 0.15) is 32.6 Å². The lowest BCUT2D eigenvalue weighted by Crippen LogP contribution is -2.01. The van der Waals surface area contributed by atoms with E-state index in [2.05, 4.69) is 11.9 Å². The van der Waals surface area contributed by atoms with Crippen LogP contribution in [0, 0.1) is 0 Å². The van der Waals surface area contributed by atoms with Crippen LogP contribution < -0.4 is 10.5 Å². The Kier molecular flexibility index (Phi) is 4.83. The van der Waals surface area contributed by atoms with Crippen LogP contribution in [0.4, 0.5) is 5.82 Å². The van der Waals surface area contributed by atoms with Crippen LogP contribution in [0.15, 0.2) is 18.3 Å². The molecule has 1 heterocycles. The van der Waals surface area contributed by atoms with E-state index in [-0.39, 0.29) is 0 Å². The highest BCUT2D eigenvalue weighted by atomic mass is 16.5. The second-order valence-electron chi connectivity index (χ2n) is 3.30. The minimum Gasteiger partial charge on any atom is -0.490 e. The summed E-state index contributed by atoms with van der Waals surface area (Å²) in [7, 11) is 0. The molecule has 3 heteroatoms. The lowest BCUT2D eigenvalue weighted by molar-refractivity contribution is 0.305. The first-order valence-corrected chi connectivity index (χ1v) is 5.18. The van der Waals surface area contributed by atoms with Gasteiger partial charge in [0.25, 0.3) is 0 Å². The van der Waals surface area contributed by atoms with E-state index in [0.717, 1.165) is 13.0 Å². The first-order chi connectivity index (χ1) is 6.84. The Hall–Kier alpha value is -1.25. The van der Waals surface area contributed by atoms with Gasteiger partial charge in [-0.25, -0.2) is 4.98 Å². The number of unbranched alkanes of at least 4 members (excludes halogenated alkanes) is 3. The molecular weight excluding hydrogens is 176 g/mol. The number of hydrogen-bond acceptors (Lipinski definition) is 3. The molecule has 0 radical (unpaired) electrons. The van der Waals surface area contributed by atoms with E-state index in [0.29, 0.717) is 11.6 Å². The van der Waals surface area contributed by atoms with Crippen molar-refractivity contribution in [3.05, 3.63) is 18.3 Å². The predicted molar refractivity (Wildman–Crippen MR) is 58.3 cm³/mol. The van der Waals surface area contributed by atoms with Crippen LogP contribution in [0.25, 0.3) is 0 Å². The van der Waals surface area contributed by atoms with E-state index in [1.807, 2.05) is 12.1 Å². The molecule has 14 heavy (non-hydrogen) atoms. The van der Waals surface area contributed by atoms with Gasteiger partial charge in [-0.3, -0.25) is 0 Å². The van der Waals surface area contributed by atoms with Crippen molar-refractivity contribution in [2.45, 2.75) is 32.6 Å². The molecule has 0 aromatic carbocycles. The van der Waals surface area contributed by atoms with Crippen molar-refractivity contribution < 1.29 is 4.74 Å². The van der Waals surface area contributed by atoms with E-state index in [1.165, 1.54) is 19.3 Å². The van der Waals surface area contributed by atoms with Gasteiger partial charge in [-0.15, -0.1) is 0 Å². The van der Waals surface area contributed by atoms with Crippen LogP contribution in [-0.2, 0) is 0 Å². The van der Waals surface area contributed by atoms with Crippen molar-refractivity contribution >= 4 is 5.82 Å². The van der Waals surface area contributed by atoms with Gasteiger partial charge in [0, 0.05) is 6.20 Å². The standard InChI is InChI=1S/C11H18N2O/c1-2-3-4-5-9-14-10-7-6-8-13-11(10)12/h6-8H,2-5,9H2,1H3,(H2,12,13). The molecule has 1 aromatic heterocycles. The van der Waals surface area contributed by atoms with E-state index < -0.39 is 0 Å². The minimum atomic E-state index is 0.475. The van der Waals surface area contributed by atoms with Gasteiger partial charge in [-0.1, -0.05) is 26.2 Å². The third kappa shape index (κ3) is 3.64. The zero-order valence-electron chi connectivity index (χ0n) is 8.70. The van der Waals surface area contributed by atoms with Crippen LogP contribution in [0.3, 0.4) is 0 Å². The van der Waals surface area contributed by atoms with Gasteiger partial charge in [-0.2, -0.15) is 0 Å². The number of rotatable bonds is 6. The molecule has 0 unspecified atom stereocenters. The number of hydrogen-bond donors (Lipinski definition) is 1. The second-order valence-corrected chi connectivity index (χ2v) is 3.30. The Morgan fingerprint density at radius 3 is 2.93 bits per heavy atom. The number of aromatic nitrogens is 1. The molecule has 1 rings (SSSR count). The summed E-state index contributed by atoms with van der Waals surface area (Å²) in [5.74, 6) is 1.17. The summed E-state index contributed by atoms with van der Waals surface area (Å²) < 4.78 is 5.50. The summed E-state index contributed by atoms with van der Waals surface area (Å²) in [5.41, 5.74) is 5.63. The van der Waals surface area contributed by atoms with Gasteiger partial charge in [0.2, 0.25) is 0 Å². The molecule has 0 aliphatic rings. The smallest absolute Gasteiger partial charge is 0.166 e. The molecule has 0 spiro atoms. The maximum absolute atomic E-state index is 5.63. The van der Waals surface area contributed by atoms with Crippen molar-refractivity contribution in [2.75, 3.05) is 12.3 Å². The van der Waals surface area contributed by atoms with E-state index in [4.69, 9.17) is 10.5 Å². The molecule has 1 aromatic rings. The number of nitrogens with two attached hydrogens (primary N) is 1. The summed E-state index contributed by atoms with van der Waals surface area (Å²) in [6, 6.07) is 3.68. The van der Waals surface area contributed by atoms with Gasteiger partial charge < -0.3 is 10.5 Å². The molecular formula is C11H18N2O. The number of ether oxygens (including phenoxy) is 1. The molecule has 0 fully saturated rings. The average molecular weight is 194 g/mol. The molecule has 0 bridgehead atoms. The fraction of sp³-hybridized carbons (Fsp3) is 0.545. The lowest BCUT2D eigenvalue weighted by atomic mass is 10.2. The second kappa shape index (κ2) is 6.24. The maximum atomic E-state index is 5.63. The largest absolute Gasteiger partial charge is 0.490 e. The highest BCUT2D eigenvalue weighted by Crippen LogP contribution is 2.17. The number of nitrogen functional groups attached to an aromatic ring is 1. The van der Waals surface area contributed by atoms with E-state index >= 15 is 0 Å². The van der Waals surface area contributed by atoms with E-state index in [9.17, 15) is 0 Å². The predicted octanol–water partition coefficient (Wildman–Crippen LogP) is 2.62. The molecule has 0 aliphatic heterocycles. The molecule has 0 aliphatic carbocycles. The molecule has 2 N–H and O–H groups in total. The lowest BCUT2D eigenvalue weighted by Gasteiger charge is -2.06. The van der Waals surface area contributed by atoms with Crippen molar-refractivity contribution in [2.24, 2.45) is 0 Å². The summed E-state index contributed by atoms with van der Waals surface area (Å²) >= 11 is 0. The van der Waals surface area contributed by atoms with Crippen LogP contribution in [0.2, 0.25) is 0 Å². The fourth-order valence-electron chi connectivity index (χ4n) is 1.24. The molecule has 3 nitrogen and oxygen atoms in total. The number of pyridine rings is 1. The van der Waals surface area contributed by atoms with Crippen molar-refractivity contribution in [3.63, 3.8) is 0 Å². The van der Waals surface area contributed by atoms with Gasteiger partial charge >= 0.3 is 0 Å². The molecule has 78 valence electrons. The fourth-order valence-corrected chi connectivity index (χ4v) is 1.24. The zero-order valence-corrected chi connectivity index (χ0v) is 8.70. The Morgan fingerprint density at radius 1 is 1.36 bits per heavy atom. The topological polar surface area (TPSA) is 48.1 Å². The summed E-state index contributed by atoms with van der Waals surface area (Å²) in [6.07, 6.45) is 6.49. The SMILES string of the molecule is CCCCCCOc1cccnc1N. The Morgan fingerprint density at radius 2 is 2.21 bits per heavy atom. The minimum absolute atomic E-state index is 0.475. The van der Waals surface area contributed by atoms with Crippen LogP contribution in [-0.4, -0.2) is 11.6 Å². The van der Waals surface area contributed by atoms with E-state index in [1.54, 1.807) is 6.20 Å². The van der Waals surface area contributed by atoms with Crippen molar-refractivity contribution in [1.29, 1.82) is 0 Å². The highest BCUT2D eigenvalue weighted by Gasteiger charge is 1.98. The third-order valence-corrected chi connectivity index (χ3v) is 2.06. The molecule has 0 atom stereocenters. The first-order valence-electron chi connectivity index (χ1n) is 5.18. The quantitative estimate of drug-likeness (QED) is 0.708. The Balaban J connectivity index is 2.21. The number of anilines is 1. The first kappa shape index (κ1) is 10.8. The average Bonchev–Trinajstić information content (AvgIpc) is 2.20. The van der Waals surface area contributed by atoms with Gasteiger partial charge in [0.05, 0.1) is 6.61 Å². The number of nitrogens with zero attached hydrogens (tertiary/aromatic N) is 1. The summed E-state index contributed by atoms with van der Waals surface area (Å²) in [4.78, 5) is 3.95. The van der Waals surface area contributed by atoms with Crippen molar-refractivity contribution in [1.82, 2.24) is 4.98 Å². The summed E-state index contributed by atoms with van der Waals surface area (Å²) in [6.45, 7) is 2.93. The van der Waals surface area contributed by atoms with Crippen molar-refractivity contribution in [3.8, 4) is 5.75 Å². The van der Waals surface area contributed by atoms with Gasteiger partial charge in [0.1, 0.15) is 0 Å². The normalized spacial score (nSPS) is 10.1. The highest BCUT2D eigenvalue weighted by molar-refractivity contribution is 5.44. The van der Waals surface area contributed by atoms with Crippen LogP contribution in [0.5, 0.6) is 5.75 Å². The van der Waals surface area contributed by atoms with Crippen LogP contribution >= 0.6 is 0 Å². The molecule has 0 saturated heterocycles. The van der Waals surface area contributed by atoms with Gasteiger partial charge in [0.15, 0.2) is 11.6 Å². The molecule has 0 saturated carbocycles. The monoisotopic (exact) mass is 194 g/mol.